The molecule has 0 bridgehead atoms. The summed E-state index contributed by atoms with van der Waals surface area (Å²) in [7, 11) is 0. The van der Waals surface area contributed by atoms with Crippen LogP contribution in [0.1, 0.15) is 70.7 Å². The van der Waals surface area contributed by atoms with E-state index in [0.717, 1.165) is 31.8 Å². The standard InChI is InChI=1S/C16H28N4O/c1-13(2)17-11-15-18-12-19-20(15)14-6-9-21-16(10-14)7-4-3-5-8-16/h12-14,17H,3-11H2,1-2H3. The second-order valence-corrected chi connectivity index (χ2v) is 6.90. The lowest BCUT2D eigenvalue weighted by Gasteiger charge is -2.43. The molecule has 2 heterocycles. The highest BCUT2D eigenvalue weighted by Crippen LogP contribution is 2.42. The Labute approximate surface area is 127 Å². The summed E-state index contributed by atoms with van der Waals surface area (Å²) in [5, 5.41) is 7.95. The number of nitrogens with zero attached hydrogens (tertiary/aromatic N) is 3. The lowest BCUT2D eigenvalue weighted by molar-refractivity contribution is -0.116. The molecule has 1 spiro atoms. The van der Waals surface area contributed by atoms with Crippen LogP contribution in [0.4, 0.5) is 0 Å². The summed E-state index contributed by atoms with van der Waals surface area (Å²) in [4.78, 5) is 4.45. The third-order valence-corrected chi connectivity index (χ3v) is 4.89. The zero-order chi connectivity index (χ0) is 14.7. The molecule has 1 aliphatic carbocycles. The van der Waals surface area contributed by atoms with Gasteiger partial charge in [0.2, 0.25) is 0 Å². The first-order valence-electron chi connectivity index (χ1n) is 8.44. The molecular formula is C16H28N4O. The number of hydrogen-bond acceptors (Lipinski definition) is 4. The van der Waals surface area contributed by atoms with Gasteiger partial charge in [-0.05, 0) is 25.7 Å². The SMILES string of the molecule is CC(C)NCc1ncnn1C1CCOC2(CCCCC2)C1. The first kappa shape index (κ1) is 15.0. The van der Waals surface area contributed by atoms with Gasteiger partial charge in [0, 0.05) is 12.6 Å². The fourth-order valence-corrected chi connectivity index (χ4v) is 3.76. The van der Waals surface area contributed by atoms with E-state index in [1.54, 1.807) is 6.33 Å². The molecule has 0 aromatic carbocycles. The Balaban J connectivity index is 1.70. The topological polar surface area (TPSA) is 52.0 Å². The van der Waals surface area contributed by atoms with Crippen molar-refractivity contribution in [2.75, 3.05) is 6.61 Å². The summed E-state index contributed by atoms with van der Waals surface area (Å²) in [6.07, 6.45) is 10.3. The van der Waals surface area contributed by atoms with Crippen LogP contribution >= 0.6 is 0 Å². The lowest BCUT2D eigenvalue weighted by Crippen LogP contribution is -2.42. The highest BCUT2D eigenvalue weighted by atomic mass is 16.5. The fraction of sp³-hybridized carbons (Fsp3) is 0.875. The summed E-state index contributed by atoms with van der Waals surface area (Å²) in [6, 6.07) is 0.915. The maximum atomic E-state index is 6.20. The number of aromatic nitrogens is 3. The van der Waals surface area contributed by atoms with Crippen LogP contribution in [0.3, 0.4) is 0 Å². The Morgan fingerprint density at radius 3 is 2.95 bits per heavy atom. The molecule has 118 valence electrons. The Hall–Kier alpha value is -0.940. The molecule has 1 saturated carbocycles. The van der Waals surface area contributed by atoms with Gasteiger partial charge in [-0.25, -0.2) is 9.67 Å². The molecule has 1 saturated heterocycles. The fourth-order valence-electron chi connectivity index (χ4n) is 3.76. The molecule has 5 nitrogen and oxygen atoms in total. The molecule has 2 aliphatic rings. The van der Waals surface area contributed by atoms with Gasteiger partial charge in [0.05, 0.1) is 18.2 Å². The third kappa shape index (κ3) is 3.46. The minimum absolute atomic E-state index is 0.121. The van der Waals surface area contributed by atoms with Gasteiger partial charge >= 0.3 is 0 Å². The molecule has 0 radical (unpaired) electrons. The second kappa shape index (κ2) is 6.44. The van der Waals surface area contributed by atoms with Crippen molar-refractivity contribution in [3.63, 3.8) is 0 Å². The van der Waals surface area contributed by atoms with Gasteiger partial charge in [-0.3, -0.25) is 0 Å². The van der Waals surface area contributed by atoms with Gasteiger partial charge in [-0.2, -0.15) is 5.10 Å². The van der Waals surface area contributed by atoms with E-state index in [1.165, 1.54) is 32.1 Å². The van der Waals surface area contributed by atoms with Gasteiger partial charge in [0.25, 0.3) is 0 Å². The molecule has 21 heavy (non-hydrogen) atoms. The predicted molar refractivity (Wildman–Crippen MR) is 82.0 cm³/mol. The first-order valence-corrected chi connectivity index (χ1v) is 8.44. The molecule has 2 fully saturated rings. The Bertz CT molecular complexity index is 445. The maximum absolute atomic E-state index is 6.20. The summed E-state index contributed by atoms with van der Waals surface area (Å²) >= 11 is 0. The van der Waals surface area contributed by atoms with Crippen molar-refractivity contribution >= 4 is 0 Å². The van der Waals surface area contributed by atoms with Crippen molar-refractivity contribution in [2.24, 2.45) is 0 Å². The number of ether oxygens (including phenoxy) is 1. The van der Waals surface area contributed by atoms with Crippen molar-refractivity contribution in [1.29, 1.82) is 0 Å². The highest BCUT2D eigenvalue weighted by molar-refractivity contribution is 4.95. The second-order valence-electron chi connectivity index (χ2n) is 6.90. The average molecular weight is 292 g/mol. The van der Waals surface area contributed by atoms with E-state index < -0.39 is 0 Å². The average Bonchev–Trinajstić information content (AvgIpc) is 2.94. The Morgan fingerprint density at radius 1 is 1.38 bits per heavy atom. The van der Waals surface area contributed by atoms with E-state index in [4.69, 9.17) is 4.74 Å². The van der Waals surface area contributed by atoms with Crippen LogP contribution in [-0.4, -0.2) is 33.0 Å². The third-order valence-electron chi connectivity index (χ3n) is 4.89. The number of hydrogen-bond donors (Lipinski definition) is 1. The summed E-state index contributed by atoms with van der Waals surface area (Å²) < 4.78 is 8.34. The van der Waals surface area contributed by atoms with Crippen molar-refractivity contribution in [3.8, 4) is 0 Å². The molecule has 1 unspecified atom stereocenters. The van der Waals surface area contributed by atoms with Crippen molar-refractivity contribution in [1.82, 2.24) is 20.1 Å². The van der Waals surface area contributed by atoms with Crippen molar-refractivity contribution < 1.29 is 4.74 Å². The van der Waals surface area contributed by atoms with Gasteiger partial charge in [0.15, 0.2) is 0 Å². The van der Waals surface area contributed by atoms with Gasteiger partial charge < -0.3 is 10.1 Å². The van der Waals surface area contributed by atoms with Crippen molar-refractivity contribution in [2.45, 2.75) is 83.0 Å². The van der Waals surface area contributed by atoms with Crippen LogP contribution < -0.4 is 5.32 Å². The molecule has 1 N–H and O–H groups in total. The smallest absolute Gasteiger partial charge is 0.141 e. The van der Waals surface area contributed by atoms with E-state index in [0.29, 0.717) is 12.1 Å². The molecular weight excluding hydrogens is 264 g/mol. The van der Waals surface area contributed by atoms with Gasteiger partial charge in [-0.15, -0.1) is 0 Å². The number of rotatable bonds is 4. The molecule has 1 aliphatic heterocycles. The van der Waals surface area contributed by atoms with E-state index in [2.05, 4.69) is 33.9 Å². The van der Waals surface area contributed by atoms with Gasteiger partial charge in [-0.1, -0.05) is 33.1 Å². The summed E-state index contributed by atoms with van der Waals surface area (Å²) in [5.41, 5.74) is 0.121. The van der Waals surface area contributed by atoms with Crippen LogP contribution in [0.2, 0.25) is 0 Å². The monoisotopic (exact) mass is 292 g/mol. The van der Waals surface area contributed by atoms with E-state index in [9.17, 15) is 0 Å². The maximum Gasteiger partial charge on any atom is 0.141 e. The predicted octanol–water partition coefficient (Wildman–Crippen LogP) is 2.83. The van der Waals surface area contributed by atoms with E-state index >= 15 is 0 Å². The quantitative estimate of drug-likeness (QED) is 0.927. The first-order chi connectivity index (χ1) is 10.2. The highest BCUT2D eigenvalue weighted by Gasteiger charge is 2.39. The van der Waals surface area contributed by atoms with Crippen LogP contribution in [0.25, 0.3) is 0 Å². The lowest BCUT2D eigenvalue weighted by atomic mass is 9.78. The largest absolute Gasteiger partial charge is 0.375 e. The Kier molecular flexibility index (Phi) is 4.60. The van der Waals surface area contributed by atoms with E-state index in [-0.39, 0.29) is 5.60 Å². The molecule has 0 amide bonds. The van der Waals surface area contributed by atoms with Gasteiger partial charge in [0.1, 0.15) is 12.2 Å². The minimum Gasteiger partial charge on any atom is -0.375 e. The van der Waals surface area contributed by atoms with Crippen LogP contribution in [-0.2, 0) is 11.3 Å². The zero-order valence-corrected chi connectivity index (χ0v) is 13.3. The van der Waals surface area contributed by atoms with Crippen LogP contribution in [0, 0.1) is 0 Å². The van der Waals surface area contributed by atoms with Crippen LogP contribution in [0.5, 0.6) is 0 Å². The summed E-state index contributed by atoms with van der Waals surface area (Å²) in [6.45, 7) is 5.97. The molecule has 1 aromatic heterocycles. The summed E-state index contributed by atoms with van der Waals surface area (Å²) in [5.74, 6) is 1.06. The van der Waals surface area contributed by atoms with Crippen molar-refractivity contribution in [3.05, 3.63) is 12.2 Å². The van der Waals surface area contributed by atoms with E-state index in [1.807, 2.05) is 0 Å². The molecule has 1 aromatic rings. The molecule has 5 heteroatoms. The number of nitrogens with one attached hydrogen (secondary N) is 1. The minimum atomic E-state index is 0.121. The normalized spacial score (nSPS) is 25.6. The molecule has 1 atom stereocenters. The molecule has 3 rings (SSSR count). The van der Waals surface area contributed by atoms with Crippen LogP contribution in [0.15, 0.2) is 6.33 Å². The zero-order valence-electron chi connectivity index (χ0n) is 13.3. The Morgan fingerprint density at radius 2 is 2.19 bits per heavy atom.